The molecular formula is C14H29N. The first kappa shape index (κ1) is 13.0. The fourth-order valence-corrected chi connectivity index (χ4v) is 3.14. The molecule has 2 rings (SSSR count). The minimum Gasteiger partial charge on any atom is -0.301 e. The van der Waals surface area contributed by atoms with Crippen molar-refractivity contribution in [1.29, 1.82) is 0 Å². The molecule has 1 aliphatic heterocycles. The Morgan fingerprint density at radius 2 is 1.33 bits per heavy atom. The Bertz CT molecular complexity index is 158. The molecule has 1 saturated heterocycles. The molecule has 90 valence electrons. The van der Waals surface area contributed by atoms with Crippen molar-refractivity contribution in [3.63, 3.8) is 0 Å². The molecule has 0 aromatic carbocycles. The summed E-state index contributed by atoms with van der Waals surface area (Å²) in [6, 6.07) is 0.763. The van der Waals surface area contributed by atoms with Gasteiger partial charge in [-0.2, -0.15) is 0 Å². The Kier molecular flexibility index (Phi) is 5.11. The van der Waals surface area contributed by atoms with E-state index in [0.717, 1.165) is 11.5 Å². The van der Waals surface area contributed by atoms with Crippen LogP contribution in [0.25, 0.3) is 0 Å². The first-order chi connectivity index (χ1) is 7.22. The third kappa shape index (κ3) is 3.21. The molecular weight excluding hydrogens is 182 g/mol. The summed E-state index contributed by atoms with van der Waals surface area (Å²) in [5, 5.41) is 0. The quantitative estimate of drug-likeness (QED) is 0.632. The highest BCUT2D eigenvalue weighted by Crippen LogP contribution is 2.46. The lowest BCUT2D eigenvalue weighted by molar-refractivity contribution is 0.0871. The molecule has 1 saturated carbocycles. The van der Waals surface area contributed by atoms with Crippen LogP contribution in [0.2, 0.25) is 0 Å². The van der Waals surface area contributed by atoms with Crippen LogP contribution in [0.4, 0.5) is 0 Å². The van der Waals surface area contributed by atoms with E-state index < -0.39 is 0 Å². The van der Waals surface area contributed by atoms with Crippen molar-refractivity contribution in [1.82, 2.24) is 4.90 Å². The predicted molar refractivity (Wildman–Crippen MR) is 68.2 cm³/mol. The highest BCUT2D eigenvalue weighted by Gasteiger charge is 2.37. The first-order valence-electron chi connectivity index (χ1n) is 6.96. The summed E-state index contributed by atoms with van der Waals surface area (Å²) < 4.78 is 0. The first-order valence-corrected chi connectivity index (χ1v) is 6.96. The van der Waals surface area contributed by atoms with Crippen molar-refractivity contribution in [2.24, 2.45) is 5.41 Å². The van der Waals surface area contributed by atoms with E-state index in [0.29, 0.717) is 0 Å². The number of hydrogen-bond acceptors (Lipinski definition) is 1. The lowest BCUT2D eigenvalue weighted by Gasteiger charge is -2.41. The molecule has 15 heavy (non-hydrogen) atoms. The zero-order chi connectivity index (χ0) is 11.3. The summed E-state index contributed by atoms with van der Waals surface area (Å²) in [5.74, 6) is 0. The van der Waals surface area contributed by atoms with E-state index in [1.807, 2.05) is 13.8 Å². The van der Waals surface area contributed by atoms with Crippen LogP contribution in [0.15, 0.2) is 0 Å². The molecule has 0 N–H and O–H groups in total. The summed E-state index contributed by atoms with van der Waals surface area (Å²) >= 11 is 0. The molecule has 0 radical (unpaired) electrons. The van der Waals surface area contributed by atoms with Crippen LogP contribution in [0.3, 0.4) is 0 Å². The molecule has 0 amide bonds. The molecule has 0 unspecified atom stereocenters. The van der Waals surface area contributed by atoms with E-state index in [4.69, 9.17) is 0 Å². The molecule has 1 heterocycles. The third-order valence-corrected chi connectivity index (χ3v) is 4.25. The summed E-state index contributed by atoms with van der Waals surface area (Å²) in [5.41, 5.74) is 0.797. The largest absolute Gasteiger partial charge is 0.301 e. The van der Waals surface area contributed by atoms with Crippen molar-refractivity contribution in [3.8, 4) is 0 Å². The van der Waals surface area contributed by atoms with Crippen LogP contribution in [0.5, 0.6) is 0 Å². The minimum atomic E-state index is 0.763. The van der Waals surface area contributed by atoms with Gasteiger partial charge in [0.1, 0.15) is 0 Å². The van der Waals surface area contributed by atoms with Gasteiger partial charge in [-0.25, -0.2) is 0 Å². The molecule has 0 atom stereocenters. The minimum absolute atomic E-state index is 0.763. The maximum atomic E-state index is 2.64. The number of piperidine rings is 1. The molecule has 2 fully saturated rings. The Morgan fingerprint density at radius 1 is 0.867 bits per heavy atom. The van der Waals surface area contributed by atoms with E-state index in [2.05, 4.69) is 18.7 Å². The summed E-state index contributed by atoms with van der Waals surface area (Å²) in [6.07, 6.45) is 9.01. The zero-order valence-electron chi connectivity index (χ0n) is 11.2. The SMILES string of the molecule is CC.CC(C)N1CCC2(CCCC2)CC1. The van der Waals surface area contributed by atoms with E-state index in [9.17, 15) is 0 Å². The summed E-state index contributed by atoms with van der Waals surface area (Å²) in [7, 11) is 0. The van der Waals surface area contributed by atoms with Gasteiger partial charge in [-0.1, -0.05) is 26.7 Å². The lowest BCUT2D eigenvalue weighted by Crippen LogP contribution is -2.42. The highest BCUT2D eigenvalue weighted by molar-refractivity contribution is 4.90. The van der Waals surface area contributed by atoms with Crippen molar-refractivity contribution in [2.75, 3.05) is 13.1 Å². The van der Waals surface area contributed by atoms with Gasteiger partial charge in [0.25, 0.3) is 0 Å². The Labute approximate surface area is 96.2 Å². The van der Waals surface area contributed by atoms with Crippen LogP contribution in [-0.2, 0) is 0 Å². The molecule has 2 aliphatic rings. The molecule has 1 aliphatic carbocycles. The van der Waals surface area contributed by atoms with Gasteiger partial charge in [-0.05, 0) is 58.0 Å². The topological polar surface area (TPSA) is 3.24 Å². The van der Waals surface area contributed by atoms with Gasteiger partial charge >= 0.3 is 0 Å². The third-order valence-electron chi connectivity index (χ3n) is 4.25. The van der Waals surface area contributed by atoms with Gasteiger partial charge in [0.05, 0.1) is 0 Å². The van der Waals surface area contributed by atoms with Crippen LogP contribution in [0, 0.1) is 5.41 Å². The van der Waals surface area contributed by atoms with E-state index in [-0.39, 0.29) is 0 Å². The average molecular weight is 211 g/mol. The van der Waals surface area contributed by atoms with Gasteiger partial charge in [0, 0.05) is 6.04 Å². The van der Waals surface area contributed by atoms with Gasteiger partial charge in [0.2, 0.25) is 0 Å². The monoisotopic (exact) mass is 211 g/mol. The number of likely N-dealkylation sites (tertiary alicyclic amines) is 1. The molecule has 1 nitrogen and oxygen atoms in total. The fraction of sp³-hybridized carbons (Fsp3) is 1.00. The van der Waals surface area contributed by atoms with Gasteiger partial charge < -0.3 is 4.90 Å². The molecule has 0 aromatic heterocycles. The standard InChI is InChI=1S/C12H23N.C2H6/c1-11(2)13-9-7-12(8-10-13)5-3-4-6-12;1-2/h11H,3-10H2,1-2H3;1-2H3. The van der Waals surface area contributed by atoms with Crippen molar-refractivity contribution in [2.45, 2.75) is 72.3 Å². The molecule has 1 heteroatoms. The van der Waals surface area contributed by atoms with Gasteiger partial charge in [-0.3, -0.25) is 0 Å². The van der Waals surface area contributed by atoms with Crippen LogP contribution >= 0.6 is 0 Å². The van der Waals surface area contributed by atoms with Crippen molar-refractivity contribution < 1.29 is 0 Å². The van der Waals surface area contributed by atoms with Gasteiger partial charge in [-0.15, -0.1) is 0 Å². The fourth-order valence-electron chi connectivity index (χ4n) is 3.14. The normalized spacial score (nSPS) is 25.4. The second-order valence-electron chi connectivity index (χ2n) is 5.34. The smallest absolute Gasteiger partial charge is 0.00385 e. The molecule has 0 aromatic rings. The van der Waals surface area contributed by atoms with E-state index in [1.54, 1.807) is 0 Å². The van der Waals surface area contributed by atoms with Crippen LogP contribution < -0.4 is 0 Å². The summed E-state index contributed by atoms with van der Waals surface area (Å²) in [6.45, 7) is 11.4. The lowest BCUT2D eigenvalue weighted by atomic mass is 9.77. The Balaban J connectivity index is 0.000000531. The number of hydrogen-bond donors (Lipinski definition) is 0. The average Bonchev–Trinajstić information content (AvgIpc) is 2.70. The number of nitrogens with zero attached hydrogens (tertiary/aromatic N) is 1. The number of rotatable bonds is 1. The van der Waals surface area contributed by atoms with Crippen molar-refractivity contribution in [3.05, 3.63) is 0 Å². The van der Waals surface area contributed by atoms with Crippen LogP contribution in [-0.4, -0.2) is 24.0 Å². The Morgan fingerprint density at radius 3 is 1.73 bits per heavy atom. The van der Waals surface area contributed by atoms with Gasteiger partial charge in [0.15, 0.2) is 0 Å². The highest BCUT2D eigenvalue weighted by atomic mass is 15.2. The maximum absolute atomic E-state index is 2.64. The predicted octanol–water partition coefficient (Wildman–Crippen LogP) is 4.08. The molecule has 1 spiro atoms. The maximum Gasteiger partial charge on any atom is 0.00385 e. The Hall–Kier alpha value is -0.0400. The van der Waals surface area contributed by atoms with Crippen molar-refractivity contribution >= 4 is 0 Å². The molecule has 0 bridgehead atoms. The van der Waals surface area contributed by atoms with Crippen LogP contribution in [0.1, 0.15) is 66.2 Å². The summed E-state index contributed by atoms with van der Waals surface area (Å²) in [4.78, 5) is 2.64. The second kappa shape index (κ2) is 5.89. The van der Waals surface area contributed by atoms with E-state index >= 15 is 0 Å². The van der Waals surface area contributed by atoms with E-state index in [1.165, 1.54) is 51.6 Å². The second-order valence-corrected chi connectivity index (χ2v) is 5.34. The zero-order valence-corrected chi connectivity index (χ0v) is 11.2.